The summed E-state index contributed by atoms with van der Waals surface area (Å²) in [7, 11) is 6.95. The van der Waals surface area contributed by atoms with E-state index in [4.69, 9.17) is 34.8 Å². The Hall–Kier alpha value is -2.16. The first-order valence-corrected chi connectivity index (χ1v) is 10.2. The van der Waals surface area contributed by atoms with Crippen LogP contribution in [-0.2, 0) is 0 Å². The molecule has 0 atom stereocenters. The maximum absolute atomic E-state index is 9.89. The van der Waals surface area contributed by atoms with Gasteiger partial charge in [-0.3, -0.25) is 0 Å². The van der Waals surface area contributed by atoms with Crippen LogP contribution in [0.4, 0.5) is 0 Å². The molecule has 0 bridgehead atoms. The van der Waals surface area contributed by atoms with Crippen LogP contribution >= 0.6 is 46.6 Å². The molecule has 1 aliphatic rings. The van der Waals surface area contributed by atoms with E-state index in [0.717, 1.165) is 11.8 Å². The van der Waals surface area contributed by atoms with E-state index in [2.05, 4.69) is 22.1 Å². The number of thioether (sulfide) groups is 1. The number of aliphatic imine (C=N–C) groups is 2. The van der Waals surface area contributed by atoms with Crippen molar-refractivity contribution in [2.45, 2.75) is 5.92 Å². The molecule has 6 nitrogen and oxygen atoms in total. The second-order valence-electron chi connectivity index (χ2n) is 6.30. The number of hydrogen-bond acceptors (Lipinski definition) is 5. The summed E-state index contributed by atoms with van der Waals surface area (Å²) in [6, 6.07) is 11.3. The number of benzene rings is 1. The monoisotopic (exact) mass is 466 g/mol. The molecule has 0 N–H and O–H groups in total. The molecule has 1 aromatic carbocycles. The summed E-state index contributed by atoms with van der Waals surface area (Å²) in [4.78, 5) is 12.0. The van der Waals surface area contributed by atoms with Gasteiger partial charge < -0.3 is 9.80 Å². The van der Waals surface area contributed by atoms with E-state index in [1.165, 1.54) is 0 Å². The second kappa shape index (κ2) is 10.0. The number of nitriles is 2. The highest BCUT2D eigenvalue weighted by molar-refractivity contribution is 8.06. The lowest BCUT2D eigenvalue weighted by Crippen LogP contribution is -2.19. The predicted molar refractivity (Wildman–Crippen MR) is 121 cm³/mol. The van der Waals surface area contributed by atoms with Crippen LogP contribution < -0.4 is 0 Å². The summed E-state index contributed by atoms with van der Waals surface area (Å²) in [6.07, 6.45) is 0. The number of rotatable bonds is 3. The number of hydrogen-bond donors (Lipinski definition) is 0. The van der Waals surface area contributed by atoms with E-state index < -0.39 is 5.92 Å². The lowest BCUT2D eigenvalue weighted by atomic mass is 9.86. The molecular formula is C19H17Cl3N6S. The summed E-state index contributed by atoms with van der Waals surface area (Å²) in [5.41, 5.74) is 1.31. The molecule has 29 heavy (non-hydrogen) atoms. The summed E-state index contributed by atoms with van der Waals surface area (Å²) < 4.78 is 0. The second-order valence-corrected chi connectivity index (χ2v) is 8.39. The summed E-state index contributed by atoms with van der Waals surface area (Å²) in [5, 5.41) is 21.4. The van der Waals surface area contributed by atoms with Gasteiger partial charge in [-0.1, -0.05) is 23.7 Å². The third-order valence-corrected chi connectivity index (χ3v) is 5.91. The van der Waals surface area contributed by atoms with Crippen molar-refractivity contribution in [2.24, 2.45) is 9.98 Å². The minimum Gasteiger partial charge on any atom is -0.353 e. The molecule has 1 aliphatic heterocycles. The standard InChI is InChI=1S/C19H17Cl3N6S/c1-27(2)18(21)25-16-13(9-23)15(11-5-7-12(20)8-6-11)14(10-24)17(29-16)26-19(22)28(3)4/h5-8,15H,1-4H3. The van der Waals surface area contributed by atoms with Gasteiger partial charge in [0, 0.05) is 33.2 Å². The molecule has 0 radical (unpaired) electrons. The van der Waals surface area contributed by atoms with Gasteiger partial charge in [0.25, 0.3) is 0 Å². The fraction of sp³-hybridized carbons (Fsp3) is 0.263. The van der Waals surface area contributed by atoms with E-state index in [1.807, 2.05) is 0 Å². The van der Waals surface area contributed by atoms with Crippen LogP contribution in [0.1, 0.15) is 11.5 Å². The molecule has 2 rings (SSSR count). The van der Waals surface area contributed by atoms with Crippen molar-refractivity contribution in [3.05, 3.63) is 56.1 Å². The van der Waals surface area contributed by atoms with Crippen molar-refractivity contribution in [1.29, 1.82) is 10.5 Å². The van der Waals surface area contributed by atoms with Crippen LogP contribution in [0.3, 0.4) is 0 Å². The molecule has 10 heteroatoms. The van der Waals surface area contributed by atoms with Crippen LogP contribution in [0.2, 0.25) is 5.02 Å². The first-order chi connectivity index (χ1) is 13.7. The van der Waals surface area contributed by atoms with Crippen molar-refractivity contribution in [2.75, 3.05) is 28.2 Å². The Balaban J connectivity index is 2.78. The SMILES string of the molecule is CN(C)C(Cl)=NC1=C(C#N)C(c2ccc(Cl)cc2)C(C#N)=C(N=C(Cl)N(C)C)S1. The van der Waals surface area contributed by atoms with Gasteiger partial charge in [0.15, 0.2) is 10.6 Å². The van der Waals surface area contributed by atoms with E-state index in [0.29, 0.717) is 31.8 Å². The van der Waals surface area contributed by atoms with E-state index >= 15 is 0 Å². The molecule has 0 aliphatic carbocycles. The Bertz CT molecular complexity index is 936. The Morgan fingerprint density at radius 3 is 1.66 bits per heavy atom. The van der Waals surface area contributed by atoms with E-state index in [1.54, 1.807) is 62.3 Å². The normalized spacial score (nSPS) is 17.8. The van der Waals surface area contributed by atoms with Crippen LogP contribution in [0.5, 0.6) is 0 Å². The number of allylic oxidation sites excluding steroid dienone is 2. The Morgan fingerprint density at radius 1 is 0.897 bits per heavy atom. The van der Waals surface area contributed by atoms with Crippen LogP contribution in [0.15, 0.2) is 55.5 Å². The van der Waals surface area contributed by atoms with Gasteiger partial charge in [0.05, 0.1) is 29.2 Å². The van der Waals surface area contributed by atoms with Gasteiger partial charge in [-0.15, -0.1) is 0 Å². The molecule has 0 saturated carbocycles. The Morgan fingerprint density at radius 2 is 1.31 bits per heavy atom. The molecule has 0 unspecified atom stereocenters. The van der Waals surface area contributed by atoms with Crippen molar-refractivity contribution in [1.82, 2.24) is 9.80 Å². The zero-order chi connectivity index (χ0) is 21.7. The summed E-state index contributed by atoms with van der Waals surface area (Å²) in [5.74, 6) is -0.667. The molecule has 0 amide bonds. The van der Waals surface area contributed by atoms with Crippen molar-refractivity contribution in [3.8, 4) is 12.1 Å². The Labute approximate surface area is 189 Å². The first-order valence-electron chi connectivity index (χ1n) is 8.24. The van der Waals surface area contributed by atoms with Gasteiger partial charge >= 0.3 is 0 Å². The first kappa shape index (κ1) is 23.1. The quantitative estimate of drug-likeness (QED) is 0.357. The van der Waals surface area contributed by atoms with Gasteiger partial charge in [0.2, 0.25) is 0 Å². The molecule has 150 valence electrons. The average Bonchev–Trinajstić information content (AvgIpc) is 2.67. The van der Waals surface area contributed by atoms with Gasteiger partial charge in [0.1, 0.15) is 10.1 Å². The third-order valence-electron chi connectivity index (χ3n) is 3.80. The third kappa shape index (κ3) is 5.46. The molecule has 0 saturated heterocycles. The topological polar surface area (TPSA) is 78.8 Å². The van der Waals surface area contributed by atoms with E-state index in [-0.39, 0.29) is 10.6 Å². The largest absolute Gasteiger partial charge is 0.353 e. The zero-order valence-electron chi connectivity index (χ0n) is 16.1. The molecule has 0 fully saturated rings. The Kier molecular flexibility index (Phi) is 8.01. The number of amidine groups is 2. The van der Waals surface area contributed by atoms with Crippen molar-refractivity contribution in [3.63, 3.8) is 0 Å². The molecular weight excluding hydrogens is 451 g/mol. The summed E-state index contributed by atoms with van der Waals surface area (Å²) >= 11 is 19.5. The van der Waals surface area contributed by atoms with Crippen LogP contribution in [0.25, 0.3) is 0 Å². The lowest BCUT2D eigenvalue weighted by Gasteiger charge is -2.24. The summed E-state index contributed by atoms with van der Waals surface area (Å²) in [6.45, 7) is 0. The highest BCUT2D eigenvalue weighted by Gasteiger charge is 2.33. The number of nitrogens with zero attached hydrogens (tertiary/aromatic N) is 6. The van der Waals surface area contributed by atoms with Gasteiger partial charge in [-0.25, -0.2) is 9.98 Å². The highest BCUT2D eigenvalue weighted by atomic mass is 35.5. The zero-order valence-corrected chi connectivity index (χ0v) is 19.2. The molecule has 0 aromatic heterocycles. The fourth-order valence-corrected chi connectivity index (χ4v) is 3.73. The van der Waals surface area contributed by atoms with Crippen LogP contribution in [0, 0.1) is 22.7 Å². The van der Waals surface area contributed by atoms with E-state index in [9.17, 15) is 10.5 Å². The smallest absolute Gasteiger partial charge is 0.199 e. The number of halogens is 3. The van der Waals surface area contributed by atoms with Gasteiger partial charge in [-0.2, -0.15) is 10.5 Å². The average molecular weight is 468 g/mol. The lowest BCUT2D eigenvalue weighted by molar-refractivity contribution is 0.634. The van der Waals surface area contributed by atoms with Crippen molar-refractivity contribution < 1.29 is 0 Å². The van der Waals surface area contributed by atoms with Crippen LogP contribution in [-0.4, -0.2) is 48.6 Å². The molecule has 0 spiro atoms. The minimum absolute atomic E-state index is 0.192. The maximum Gasteiger partial charge on any atom is 0.199 e. The minimum atomic E-state index is -0.667. The fourth-order valence-electron chi connectivity index (χ4n) is 2.34. The molecule has 1 aromatic rings. The predicted octanol–water partition coefficient (Wildman–Crippen LogP) is 4.95. The maximum atomic E-state index is 9.89. The highest BCUT2D eigenvalue weighted by Crippen LogP contribution is 2.47. The van der Waals surface area contributed by atoms with Gasteiger partial charge in [-0.05, 0) is 52.7 Å². The molecule has 1 heterocycles. The van der Waals surface area contributed by atoms with Crippen molar-refractivity contribution >= 4 is 57.2 Å².